The predicted octanol–water partition coefficient (Wildman–Crippen LogP) is 1.30. The van der Waals surface area contributed by atoms with Crippen LogP contribution in [-0.4, -0.2) is 28.5 Å². The van der Waals surface area contributed by atoms with Crippen molar-refractivity contribution in [3.8, 4) is 0 Å². The van der Waals surface area contributed by atoms with Gasteiger partial charge < -0.3 is 10.4 Å². The van der Waals surface area contributed by atoms with E-state index in [2.05, 4.69) is 10.3 Å². The van der Waals surface area contributed by atoms with Crippen LogP contribution in [0, 0.1) is 5.41 Å². The summed E-state index contributed by atoms with van der Waals surface area (Å²) in [4.78, 5) is 26.4. The number of carboxylic acids is 1. The highest BCUT2D eigenvalue weighted by Crippen LogP contribution is 2.13. The van der Waals surface area contributed by atoms with Crippen molar-refractivity contribution >= 4 is 23.2 Å². The van der Waals surface area contributed by atoms with Gasteiger partial charge in [-0.05, 0) is 13.8 Å². The molecule has 6 heteroatoms. The van der Waals surface area contributed by atoms with Crippen LogP contribution in [0.5, 0.6) is 0 Å². The molecule has 0 saturated heterocycles. The van der Waals surface area contributed by atoms with Crippen LogP contribution in [0.25, 0.3) is 0 Å². The molecule has 1 amide bonds. The molecule has 17 heavy (non-hydrogen) atoms. The van der Waals surface area contributed by atoms with Gasteiger partial charge in [0, 0.05) is 31.0 Å². The maximum atomic E-state index is 11.5. The van der Waals surface area contributed by atoms with Crippen molar-refractivity contribution in [2.45, 2.75) is 26.7 Å². The van der Waals surface area contributed by atoms with Crippen molar-refractivity contribution in [3.05, 3.63) is 16.6 Å². The third kappa shape index (κ3) is 4.52. The van der Waals surface area contributed by atoms with Gasteiger partial charge in [-0.15, -0.1) is 11.3 Å². The van der Waals surface area contributed by atoms with Crippen LogP contribution in [0.3, 0.4) is 0 Å². The van der Waals surface area contributed by atoms with E-state index in [1.807, 2.05) is 5.38 Å². The smallest absolute Gasteiger partial charge is 0.310 e. The second kappa shape index (κ2) is 5.77. The summed E-state index contributed by atoms with van der Waals surface area (Å²) in [6.45, 7) is 3.30. The van der Waals surface area contributed by atoms with E-state index < -0.39 is 11.4 Å². The van der Waals surface area contributed by atoms with Gasteiger partial charge in [0.25, 0.3) is 0 Å². The summed E-state index contributed by atoms with van der Waals surface area (Å²) in [5, 5.41) is 14.3. The third-order valence-corrected chi connectivity index (χ3v) is 3.20. The van der Waals surface area contributed by atoms with Gasteiger partial charge in [0.2, 0.25) is 5.91 Å². The number of carbonyl (C=O) groups excluding carboxylic acids is 1. The van der Waals surface area contributed by atoms with Crippen LogP contribution >= 0.6 is 11.3 Å². The third-order valence-electron chi connectivity index (χ3n) is 2.36. The van der Waals surface area contributed by atoms with Crippen molar-refractivity contribution < 1.29 is 14.7 Å². The maximum absolute atomic E-state index is 11.5. The zero-order chi connectivity index (χ0) is 12.9. The molecule has 5 nitrogen and oxygen atoms in total. The number of thiazole rings is 1. The van der Waals surface area contributed by atoms with Crippen LogP contribution in [0.2, 0.25) is 0 Å². The molecule has 0 spiro atoms. The average molecular weight is 256 g/mol. The fraction of sp³-hybridized carbons (Fsp3) is 0.545. The Hall–Kier alpha value is -1.43. The lowest BCUT2D eigenvalue weighted by atomic mass is 9.94. The quantitative estimate of drug-likeness (QED) is 0.804. The number of carbonyl (C=O) groups is 2. The molecule has 2 N–H and O–H groups in total. The molecule has 0 fully saturated rings. The van der Waals surface area contributed by atoms with Gasteiger partial charge in [-0.2, -0.15) is 0 Å². The molecule has 0 bridgehead atoms. The van der Waals surface area contributed by atoms with Gasteiger partial charge in [0.1, 0.15) is 0 Å². The number of aryl methyl sites for hydroxylation is 1. The average Bonchev–Trinajstić information content (AvgIpc) is 2.76. The SMILES string of the molecule is CC(C)(CNC(=O)CCc1nccs1)C(=O)O. The predicted molar refractivity (Wildman–Crippen MR) is 64.9 cm³/mol. The molecule has 0 aromatic carbocycles. The Kier molecular flexibility index (Phi) is 4.62. The van der Waals surface area contributed by atoms with Crippen LogP contribution in [0.1, 0.15) is 25.3 Å². The molecule has 1 rings (SSSR count). The molecule has 0 aliphatic heterocycles. The highest BCUT2D eigenvalue weighted by Gasteiger charge is 2.27. The first-order valence-corrected chi connectivity index (χ1v) is 6.18. The minimum atomic E-state index is -0.934. The first-order chi connectivity index (χ1) is 7.92. The monoisotopic (exact) mass is 256 g/mol. The Labute approximate surface area is 104 Å². The van der Waals surface area contributed by atoms with E-state index in [4.69, 9.17) is 5.11 Å². The highest BCUT2D eigenvalue weighted by molar-refractivity contribution is 7.09. The Morgan fingerprint density at radius 2 is 2.24 bits per heavy atom. The Balaban J connectivity index is 2.28. The van der Waals surface area contributed by atoms with Crippen molar-refractivity contribution in [1.29, 1.82) is 0 Å². The number of carboxylic acid groups (broad SMARTS) is 1. The van der Waals surface area contributed by atoms with E-state index in [1.54, 1.807) is 20.0 Å². The van der Waals surface area contributed by atoms with Gasteiger partial charge in [-0.1, -0.05) is 0 Å². The molecule has 0 aliphatic carbocycles. The molecule has 0 saturated carbocycles. The zero-order valence-corrected chi connectivity index (χ0v) is 10.7. The molecule has 94 valence electrons. The van der Waals surface area contributed by atoms with Crippen molar-refractivity contribution in [3.63, 3.8) is 0 Å². The van der Waals surface area contributed by atoms with Crippen LogP contribution in [-0.2, 0) is 16.0 Å². The Morgan fingerprint density at radius 3 is 2.76 bits per heavy atom. The molecular weight excluding hydrogens is 240 g/mol. The van der Waals surface area contributed by atoms with Crippen molar-refractivity contribution in [2.75, 3.05) is 6.54 Å². The van der Waals surface area contributed by atoms with Gasteiger partial charge in [-0.25, -0.2) is 4.98 Å². The molecule has 0 unspecified atom stereocenters. The fourth-order valence-corrected chi connectivity index (χ4v) is 1.70. The lowest BCUT2D eigenvalue weighted by Crippen LogP contribution is -2.38. The molecule has 1 heterocycles. The highest BCUT2D eigenvalue weighted by atomic mass is 32.1. The second-order valence-corrected chi connectivity index (χ2v) is 5.37. The lowest BCUT2D eigenvalue weighted by molar-refractivity contribution is -0.146. The summed E-state index contributed by atoms with van der Waals surface area (Å²) in [5.74, 6) is -1.06. The number of aliphatic carboxylic acids is 1. The summed E-state index contributed by atoms with van der Waals surface area (Å²) in [6, 6.07) is 0. The summed E-state index contributed by atoms with van der Waals surface area (Å²) in [5.41, 5.74) is -0.934. The largest absolute Gasteiger partial charge is 0.481 e. The number of hydrogen-bond donors (Lipinski definition) is 2. The standard InChI is InChI=1S/C11H16N2O3S/c1-11(2,10(15)16)7-13-8(14)3-4-9-12-5-6-17-9/h5-6H,3-4,7H2,1-2H3,(H,13,14)(H,15,16). The van der Waals surface area contributed by atoms with E-state index >= 15 is 0 Å². The maximum Gasteiger partial charge on any atom is 0.310 e. The molecule has 0 aliphatic rings. The van der Waals surface area contributed by atoms with Gasteiger partial charge in [0.05, 0.1) is 10.4 Å². The number of hydrogen-bond acceptors (Lipinski definition) is 4. The van der Waals surface area contributed by atoms with E-state index in [0.717, 1.165) is 5.01 Å². The fourth-order valence-electron chi connectivity index (χ4n) is 1.08. The number of aromatic nitrogens is 1. The van der Waals surface area contributed by atoms with Crippen molar-refractivity contribution in [2.24, 2.45) is 5.41 Å². The first-order valence-electron chi connectivity index (χ1n) is 5.30. The van der Waals surface area contributed by atoms with E-state index in [9.17, 15) is 9.59 Å². The van der Waals surface area contributed by atoms with E-state index in [-0.39, 0.29) is 12.5 Å². The number of nitrogens with one attached hydrogen (secondary N) is 1. The first kappa shape index (κ1) is 13.6. The molecule has 0 atom stereocenters. The van der Waals surface area contributed by atoms with Crippen LogP contribution in [0.4, 0.5) is 0 Å². The minimum Gasteiger partial charge on any atom is -0.481 e. The lowest BCUT2D eigenvalue weighted by Gasteiger charge is -2.19. The second-order valence-electron chi connectivity index (χ2n) is 4.39. The summed E-state index contributed by atoms with van der Waals surface area (Å²) < 4.78 is 0. The van der Waals surface area contributed by atoms with Gasteiger partial charge in [0.15, 0.2) is 0 Å². The normalized spacial score (nSPS) is 11.2. The van der Waals surface area contributed by atoms with Gasteiger partial charge in [-0.3, -0.25) is 9.59 Å². The summed E-state index contributed by atoms with van der Waals surface area (Å²) in [7, 11) is 0. The number of nitrogens with zero attached hydrogens (tertiary/aromatic N) is 1. The molecule has 1 aromatic heterocycles. The molecule has 0 radical (unpaired) electrons. The van der Waals surface area contributed by atoms with Crippen molar-refractivity contribution in [1.82, 2.24) is 10.3 Å². The zero-order valence-electron chi connectivity index (χ0n) is 9.90. The van der Waals surface area contributed by atoms with Gasteiger partial charge >= 0.3 is 5.97 Å². The van der Waals surface area contributed by atoms with Crippen LogP contribution in [0.15, 0.2) is 11.6 Å². The number of rotatable bonds is 6. The summed E-state index contributed by atoms with van der Waals surface area (Å²) in [6.07, 6.45) is 2.63. The summed E-state index contributed by atoms with van der Waals surface area (Å²) >= 11 is 1.51. The minimum absolute atomic E-state index is 0.138. The van der Waals surface area contributed by atoms with E-state index in [1.165, 1.54) is 11.3 Å². The Bertz CT molecular complexity index is 387. The van der Waals surface area contributed by atoms with E-state index in [0.29, 0.717) is 12.8 Å². The topological polar surface area (TPSA) is 79.3 Å². The Morgan fingerprint density at radius 1 is 1.53 bits per heavy atom. The molecule has 1 aromatic rings. The molecular formula is C11H16N2O3S. The van der Waals surface area contributed by atoms with Crippen LogP contribution < -0.4 is 5.32 Å². The number of amides is 1.